The number of ether oxygens (including phenoxy) is 2. The summed E-state index contributed by atoms with van der Waals surface area (Å²) in [4.78, 5) is 12.4. The van der Waals surface area contributed by atoms with E-state index in [2.05, 4.69) is 37.2 Å². The van der Waals surface area contributed by atoms with Gasteiger partial charge in [0.15, 0.2) is 0 Å². The largest absolute Gasteiger partial charge is 0.494 e. The lowest BCUT2D eigenvalue weighted by Crippen LogP contribution is -2.13. The quantitative estimate of drug-likeness (QED) is 0.405. The molecule has 0 saturated heterocycles. The van der Waals surface area contributed by atoms with E-state index in [4.69, 9.17) is 9.47 Å². The summed E-state index contributed by atoms with van der Waals surface area (Å²) in [5, 5.41) is 12.1. The second-order valence-corrected chi connectivity index (χ2v) is 7.04. The molecule has 1 amide bonds. The summed E-state index contributed by atoms with van der Waals surface area (Å²) in [5.74, 6) is 0.908. The number of nitrogens with zero attached hydrogens (tertiary/aromatic N) is 1. The van der Waals surface area contributed by atoms with Crippen molar-refractivity contribution in [2.75, 3.05) is 18.5 Å². The van der Waals surface area contributed by atoms with E-state index in [9.17, 15) is 10.1 Å². The zero-order valence-corrected chi connectivity index (χ0v) is 18.1. The Morgan fingerprint density at radius 2 is 1.70 bits per heavy atom. The van der Waals surface area contributed by atoms with Crippen LogP contribution in [0.5, 0.6) is 11.5 Å². The van der Waals surface area contributed by atoms with Crippen molar-refractivity contribution in [2.24, 2.45) is 0 Å². The molecule has 7 heteroatoms. The van der Waals surface area contributed by atoms with E-state index in [-0.39, 0.29) is 5.57 Å². The number of amides is 1. The minimum absolute atomic E-state index is 0.00755. The first-order valence-corrected chi connectivity index (χ1v) is 9.84. The molecule has 0 aliphatic heterocycles. The zero-order chi connectivity index (χ0) is 19.8. The first-order valence-electron chi connectivity index (χ1n) is 8.26. The first kappa shape index (κ1) is 21.0. The second-order valence-electron chi connectivity index (χ2n) is 5.33. The summed E-state index contributed by atoms with van der Waals surface area (Å²) in [6, 6.07) is 12.5. The smallest absolute Gasteiger partial charge is 0.266 e. The Morgan fingerprint density at radius 1 is 1.11 bits per heavy atom. The van der Waals surface area contributed by atoms with Crippen molar-refractivity contribution < 1.29 is 14.3 Å². The van der Waals surface area contributed by atoms with Gasteiger partial charge in [-0.1, -0.05) is 0 Å². The van der Waals surface area contributed by atoms with Crippen LogP contribution in [0.25, 0.3) is 6.08 Å². The normalized spacial score (nSPS) is 10.9. The number of carbonyl (C=O) groups excluding carboxylic acids is 1. The highest BCUT2D eigenvalue weighted by molar-refractivity contribution is 9.11. The number of hydrogen-bond donors (Lipinski definition) is 1. The lowest BCUT2D eigenvalue weighted by atomic mass is 10.1. The minimum Gasteiger partial charge on any atom is -0.494 e. The number of rotatable bonds is 7. The second kappa shape index (κ2) is 10.1. The van der Waals surface area contributed by atoms with E-state index < -0.39 is 5.91 Å². The Balaban J connectivity index is 2.20. The lowest BCUT2D eigenvalue weighted by Gasteiger charge is -2.10. The van der Waals surface area contributed by atoms with Gasteiger partial charge in [-0.05, 0) is 93.7 Å². The van der Waals surface area contributed by atoms with Crippen molar-refractivity contribution in [1.29, 1.82) is 5.26 Å². The molecule has 5 nitrogen and oxygen atoms in total. The summed E-state index contributed by atoms with van der Waals surface area (Å²) in [7, 11) is 0. The topological polar surface area (TPSA) is 71.3 Å². The molecule has 0 bridgehead atoms. The molecule has 0 heterocycles. The average Bonchev–Trinajstić information content (AvgIpc) is 2.64. The molecule has 0 atom stereocenters. The van der Waals surface area contributed by atoms with Crippen molar-refractivity contribution in [2.45, 2.75) is 13.8 Å². The van der Waals surface area contributed by atoms with Crippen molar-refractivity contribution in [3.05, 3.63) is 56.5 Å². The fourth-order valence-corrected chi connectivity index (χ4v) is 3.71. The summed E-state index contributed by atoms with van der Waals surface area (Å²) in [6.45, 7) is 4.89. The van der Waals surface area contributed by atoms with Crippen LogP contribution in [0.4, 0.5) is 5.69 Å². The van der Waals surface area contributed by atoms with Gasteiger partial charge in [0.2, 0.25) is 0 Å². The highest BCUT2D eigenvalue weighted by atomic mass is 79.9. The molecule has 0 spiro atoms. The third-order valence-electron chi connectivity index (χ3n) is 3.41. The fourth-order valence-electron chi connectivity index (χ4n) is 2.26. The highest BCUT2D eigenvalue weighted by Crippen LogP contribution is 2.35. The standard InChI is InChI=1S/C20H18Br2N2O3/c1-3-26-16-7-5-15(6-8-16)24-20(25)14(12-23)9-13-10-17(21)19(27-4-2)18(22)11-13/h5-11H,3-4H2,1-2H3,(H,24,25)/b14-9-. The van der Waals surface area contributed by atoms with Gasteiger partial charge in [-0.2, -0.15) is 5.26 Å². The Labute approximate surface area is 175 Å². The number of halogens is 2. The predicted molar refractivity (Wildman–Crippen MR) is 113 cm³/mol. The van der Waals surface area contributed by atoms with Gasteiger partial charge < -0.3 is 14.8 Å². The van der Waals surface area contributed by atoms with Crippen LogP contribution >= 0.6 is 31.9 Å². The molecule has 1 N–H and O–H groups in total. The van der Waals surface area contributed by atoms with Crippen LogP contribution in [0.1, 0.15) is 19.4 Å². The van der Waals surface area contributed by atoms with Crippen LogP contribution in [0.3, 0.4) is 0 Å². The maximum absolute atomic E-state index is 12.4. The van der Waals surface area contributed by atoms with E-state index in [1.165, 1.54) is 6.08 Å². The number of nitrogens with one attached hydrogen (secondary N) is 1. The molecule has 2 aromatic rings. The van der Waals surface area contributed by atoms with Crippen LogP contribution in [0.2, 0.25) is 0 Å². The number of carbonyl (C=O) groups is 1. The molecule has 0 unspecified atom stereocenters. The number of hydrogen-bond acceptors (Lipinski definition) is 4. The van der Waals surface area contributed by atoms with Gasteiger partial charge in [0.05, 0.1) is 22.2 Å². The molecule has 0 radical (unpaired) electrons. The molecule has 0 saturated carbocycles. The van der Waals surface area contributed by atoms with E-state index in [0.717, 1.165) is 14.7 Å². The van der Waals surface area contributed by atoms with Gasteiger partial charge in [-0.3, -0.25) is 4.79 Å². The molecule has 140 valence electrons. The highest BCUT2D eigenvalue weighted by Gasteiger charge is 2.12. The molecule has 0 fully saturated rings. The summed E-state index contributed by atoms with van der Waals surface area (Å²) < 4.78 is 12.4. The van der Waals surface area contributed by atoms with Gasteiger partial charge in [0.1, 0.15) is 23.1 Å². The van der Waals surface area contributed by atoms with Crippen molar-refractivity contribution in [1.82, 2.24) is 0 Å². The van der Waals surface area contributed by atoms with Gasteiger partial charge in [-0.25, -0.2) is 0 Å². The van der Waals surface area contributed by atoms with Crippen LogP contribution in [-0.4, -0.2) is 19.1 Å². The van der Waals surface area contributed by atoms with Crippen LogP contribution in [-0.2, 0) is 4.79 Å². The lowest BCUT2D eigenvalue weighted by molar-refractivity contribution is -0.112. The number of benzene rings is 2. The van der Waals surface area contributed by atoms with E-state index in [1.54, 1.807) is 36.4 Å². The molecular formula is C20H18Br2N2O3. The number of anilines is 1. The van der Waals surface area contributed by atoms with Crippen molar-refractivity contribution >= 4 is 49.5 Å². The molecule has 0 aliphatic rings. The van der Waals surface area contributed by atoms with E-state index in [0.29, 0.717) is 30.2 Å². The van der Waals surface area contributed by atoms with Gasteiger partial charge in [0, 0.05) is 5.69 Å². The summed E-state index contributed by atoms with van der Waals surface area (Å²) in [5.41, 5.74) is 1.26. The average molecular weight is 494 g/mol. The van der Waals surface area contributed by atoms with Crippen molar-refractivity contribution in [3.8, 4) is 17.6 Å². The van der Waals surface area contributed by atoms with Gasteiger partial charge in [-0.15, -0.1) is 0 Å². The number of nitriles is 1. The van der Waals surface area contributed by atoms with Crippen molar-refractivity contribution in [3.63, 3.8) is 0 Å². The Bertz CT molecular complexity index is 864. The molecule has 2 aromatic carbocycles. The Morgan fingerprint density at radius 3 is 2.22 bits per heavy atom. The van der Waals surface area contributed by atoms with E-state index >= 15 is 0 Å². The SMILES string of the molecule is CCOc1ccc(NC(=O)/C(C#N)=C\c2cc(Br)c(OCC)c(Br)c2)cc1. The molecule has 0 aromatic heterocycles. The maximum atomic E-state index is 12.4. The van der Waals surface area contributed by atoms with Crippen LogP contribution in [0, 0.1) is 11.3 Å². The molecule has 2 rings (SSSR count). The minimum atomic E-state index is -0.484. The van der Waals surface area contributed by atoms with Crippen LogP contribution in [0.15, 0.2) is 50.9 Å². The maximum Gasteiger partial charge on any atom is 0.266 e. The van der Waals surface area contributed by atoms with Gasteiger partial charge in [0.25, 0.3) is 5.91 Å². The first-order chi connectivity index (χ1) is 13.0. The predicted octanol–water partition coefficient (Wildman–Crippen LogP) is 5.55. The molecule has 27 heavy (non-hydrogen) atoms. The summed E-state index contributed by atoms with van der Waals surface area (Å²) >= 11 is 6.88. The third kappa shape index (κ3) is 5.84. The molecular weight excluding hydrogens is 476 g/mol. The van der Waals surface area contributed by atoms with Gasteiger partial charge >= 0.3 is 0 Å². The van der Waals surface area contributed by atoms with Crippen LogP contribution < -0.4 is 14.8 Å². The zero-order valence-electron chi connectivity index (χ0n) is 14.9. The fraction of sp³-hybridized carbons (Fsp3) is 0.200. The van der Waals surface area contributed by atoms with E-state index in [1.807, 2.05) is 19.9 Å². The third-order valence-corrected chi connectivity index (χ3v) is 4.59. The summed E-state index contributed by atoms with van der Waals surface area (Å²) in [6.07, 6.45) is 1.52. The Kier molecular flexibility index (Phi) is 7.89. The molecule has 0 aliphatic carbocycles. The monoisotopic (exact) mass is 492 g/mol. The Hall–Kier alpha value is -2.30.